The van der Waals surface area contributed by atoms with Crippen LogP contribution < -0.4 is 0 Å². The molecule has 0 spiro atoms. The third-order valence-corrected chi connectivity index (χ3v) is 3.04. The molecule has 1 aliphatic carbocycles. The van der Waals surface area contributed by atoms with Crippen molar-refractivity contribution in [3.63, 3.8) is 0 Å². The second kappa shape index (κ2) is 4.58. The summed E-state index contributed by atoms with van der Waals surface area (Å²) < 4.78 is 76.1. The molecule has 104 valence electrons. The van der Waals surface area contributed by atoms with Crippen molar-refractivity contribution in [2.24, 2.45) is 0 Å². The molecule has 0 saturated carbocycles. The van der Waals surface area contributed by atoms with Gasteiger partial charge in [-0.1, -0.05) is 12.1 Å². The monoisotopic (exact) mass is 280 g/mol. The van der Waals surface area contributed by atoms with Crippen LogP contribution in [0.25, 0.3) is 5.57 Å². The molecule has 6 heteroatoms. The Balaban J connectivity index is 2.56. The molecule has 0 aromatic heterocycles. The number of hydrogen-bond donors (Lipinski definition) is 0. The fourth-order valence-electron chi connectivity index (χ4n) is 2.15. The van der Waals surface area contributed by atoms with E-state index in [1.807, 2.05) is 0 Å². The van der Waals surface area contributed by atoms with Gasteiger partial charge in [0.1, 0.15) is 0 Å². The Morgan fingerprint density at radius 1 is 0.895 bits per heavy atom. The standard InChI is InChI=1S/C13H10F6/c14-12(15,16)9-5-6-10(8-3-1-2-4-8)11(7-9)13(17,18)19/h3,5-7H,1-2,4H2. The van der Waals surface area contributed by atoms with Gasteiger partial charge in [0.25, 0.3) is 0 Å². The molecule has 1 aromatic rings. The second-order valence-electron chi connectivity index (χ2n) is 4.38. The first-order valence-corrected chi connectivity index (χ1v) is 5.67. The number of alkyl halides is 6. The summed E-state index contributed by atoms with van der Waals surface area (Å²) in [5, 5.41) is 0. The molecular formula is C13H10F6. The summed E-state index contributed by atoms with van der Waals surface area (Å²) in [6.45, 7) is 0. The van der Waals surface area contributed by atoms with E-state index in [9.17, 15) is 26.3 Å². The van der Waals surface area contributed by atoms with Gasteiger partial charge in [-0.05, 0) is 42.5 Å². The minimum atomic E-state index is -4.79. The van der Waals surface area contributed by atoms with Crippen molar-refractivity contribution < 1.29 is 26.3 Å². The molecule has 0 aliphatic heterocycles. The van der Waals surface area contributed by atoms with Crippen molar-refractivity contribution >= 4 is 5.57 Å². The van der Waals surface area contributed by atoms with Crippen LogP contribution in [0.3, 0.4) is 0 Å². The molecule has 0 saturated heterocycles. The molecule has 0 amide bonds. The first kappa shape index (κ1) is 14.0. The Labute approximate surface area is 105 Å². The highest BCUT2D eigenvalue weighted by molar-refractivity contribution is 5.70. The fourth-order valence-corrected chi connectivity index (χ4v) is 2.15. The lowest BCUT2D eigenvalue weighted by molar-refractivity contribution is -0.143. The normalized spacial score (nSPS) is 16.6. The van der Waals surface area contributed by atoms with Crippen molar-refractivity contribution in [3.05, 3.63) is 41.0 Å². The summed E-state index contributed by atoms with van der Waals surface area (Å²) in [5.41, 5.74) is -2.16. The molecule has 0 fully saturated rings. The Morgan fingerprint density at radius 2 is 1.58 bits per heavy atom. The lowest BCUT2D eigenvalue weighted by atomic mass is 9.96. The Hall–Kier alpha value is -1.46. The van der Waals surface area contributed by atoms with E-state index in [0.29, 0.717) is 24.5 Å². The maximum absolute atomic E-state index is 12.9. The summed E-state index contributed by atoms with van der Waals surface area (Å²) in [7, 11) is 0. The van der Waals surface area contributed by atoms with Crippen molar-refractivity contribution in [2.45, 2.75) is 31.6 Å². The van der Waals surface area contributed by atoms with Gasteiger partial charge < -0.3 is 0 Å². The molecular weight excluding hydrogens is 270 g/mol. The van der Waals surface area contributed by atoms with Crippen LogP contribution >= 0.6 is 0 Å². The van der Waals surface area contributed by atoms with Crippen LogP contribution in [0.1, 0.15) is 36.0 Å². The van der Waals surface area contributed by atoms with Gasteiger partial charge in [-0.3, -0.25) is 0 Å². The highest BCUT2D eigenvalue weighted by atomic mass is 19.4. The van der Waals surface area contributed by atoms with Gasteiger partial charge in [0.05, 0.1) is 11.1 Å². The Kier molecular flexibility index (Phi) is 3.36. The molecule has 0 bridgehead atoms. The molecule has 0 atom stereocenters. The molecule has 0 heterocycles. The van der Waals surface area contributed by atoms with Crippen LogP contribution in [0.2, 0.25) is 0 Å². The molecule has 0 N–H and O–H groups in total. The van der Waals surface area contributed by atoms with Crippen LogP contribution in [0.4, 0.5) is 26.3 Å². The predicted octanol–water partition coefficient (Wildman–Crippen LogP) is 5.29. The largest absolute Gasteiger partial charge is 0.417 e. The van der Waals surface area contributed by atoms with Crippen LogP contribution in [0, 0.1) is 0 Å². The number of halogens is 6. The van der Waals surface area contributed by atoms with Gasteiger partial charge in [-0.25, -0.2) is 0 Å². The van der Waals surface area contributed by atoms with Crippen LogP contribution in [0.15, 0.2) is 24.3 Å². The van der Waals surface area contributed by atoms with Gasteiger partial charge in [0, 0.05) is 0 Å². The van der Waals surface area contributed by atoms with Gasteiger partial charge in [0.2, 0.25) is 0 Å². The van der Waals surface area contributed by atoms with E-state index < -0.39 is 23.5 Å². The molecule has 1 aliphatic rings. The number of rotatable bonds is 1. The fraction of sp³-hybridized carbons (Fsp3) is 0.385. The molecule has 1 aromatic carbocycles. The van der Waals surface area contributed by atoms with Crippen LogP contribution in [-0.4, -0.2) is 0 Å². The van der Waals surface area contributed by atoms with E-state index >= 15 is 0 Å². The zero-order chi connectivity index (χ0) is 14.3. The minimum absolute atomic E-state index is 0.141. The maximum atomic E-state index is 12.9. The second-order valence-corrected chi connectivity index (χ2v) is 4.38. The maximum Gasteiger partial charge on any atom is 0.417 e. The van der Waals surface area contributed by atoms with Gasteiger partial charge in [-0.2, -0.15) is 26.3 Å². The average molecular weight is 280 g/mol. The van der Waals surface area contributed by atoms with Gasteiger partial charge in [-0.15, -0.1) is 0 Å². The van der Waals surface area contributed by atoms with Gasteiger partial charge >= 0.3 is 12.4 Å². The molecule has 0 radical (unpaired) electrons. The first-order chi connectivity index (χ1) is 8.69. The van der Waals surface area contributed by atoms with E-state index in [-0.39, 0.29) is 11.6 Å². The smallest absolute Gasteiger partial charge is 0.166 e. The minimum Gasteiger partial charge on any atom is -0.166 e. The van der Waals surface area contributed by atoms with Crippen LogP contribution in [-0.2, 0) is 12.4 Å². The number of hydrogen-bond acceptors (Lipinski definition) is 0. The first-order valence-electron chi connectivity index (χ1n) is 5.67. The SMILES string of the molecule is FC(F)(F)c1ccc(C2=CCCC2)c(C(F)(F)F)c1. The third-order valence-electron chi connectivity index (χ3n) is 3.04. The summed E-state index contributed by atoms with van der Waals surface area (Å²) >= 11 is 0. The quantitative estimate of drug-likeness (QED) is 0.613. The topological polar surface area (TPSA) is 0 Å². The molecule has 0 unspecified atom stereocenters. The van der Waals surface area contributed by atoms with Gasteiger partial charge in [0.15, 0.2) is 0 Å². The Morgan fingerprint density at radius 3 is 2.05 bits per heavy atom. The van der Waals surface area contributed by atoms with E-state index in [0.717, 1.165) is 12.5 Å². The number of benzene rings is 1. The Bertz CT molecular complexity index is 507. The molecule has 2 rings (SSSR count). The van der Waals surface area contributed by atoms with E-state index in [4.69, 9.17) is 0 Å². The zero-order valence-corrected chi connectivity index (χ0v) is 9.70. The predicted molar refractivity (Wildman–Crippen MR) is 58.3 cm³/mol. The van der Waals surface area contributed by atoms with Crippen molar-refractivity contribution in [1.82, 2.24) is 0 Å². The van der Waals surface area contributed by atoms with Crippen molar-refractivity contribution in [1.29, 1.82) is 0 Å². The summed E-state index contributed by atoms with van der Waals surface area (Å²) in [6, 6.07) is 1.81. The third kappa shape index (κ3) is 2.93. The van der Waals surface area contributed by atoms with Crippen molar-refractivity contribution in [3.8, 4) is 0 Å². The average Bonchev–Trinajstić information content (AvgIpc) is 2.79. The molecule has 19 heavy (non-hydrogen) atoms. The summed E-state index contributed by atoms with van der Waals surface area (Å²) in [4.78, 5) is 0. The highest BCUT2D eigenvalue weighted by Gasteiger charge is 2.38. The lowest BCUT2D eigenvalue weighted by Gasteiger charge is -2.16. The summed E-state index contributed by atoms with van der Waals surface area (Å²) in [5.74, 6) is 0. The zero-order valence-electron chi connectivity index (χ0n) is 9.70. The summed E-state index contributed by atoms with van der Waals surface area (Å²) in [6.07, 6.45) is -6.06. The van der Waals surface area contributed by atoms with E-state index in [2.05, 4.69) is 0 Å². The highest BCUT2D eigenvalue weighted by Crippen LogP contribution is 2.41. The lowest BCUT2D eigenvalue weighted by Crippen LogP contribution is -2.13. The van der Waals surface area contributed by atoms with Crippen molar-refractivity contribution in [2.75, 3.05) is 0 Å². The van der Waals surface area contributed by atoms with E-state index in [1.165, 1.54) is 0 Å². The molecule has 0 nitrogen and oxygen atoms in total. The van der Waals surface area contributed by atoms with Crippen LogP contribution in [0.5, 0.6) is 0 Å². The number of allylic oxidation sites excluding steroid dienone is 2. The van der Waals surface area contributed by atoms with E-state index in [1.54, 1.807) is 6.08 Å².